The maximum absolute atomic E-state index is 12.9. The Hall–Kier alpha value is -1.85. The molecule has 0 radical (unpaired) electrons. The number of carbonyl (C=O) groups is 3. The number of esters is 3. The number of rotatable bonds is 65. The van der Waals surface area contributed by atoms with Crippen LogP contribution in [0.25, 0.3) is 0 Å². The van der Waals surface area contributed by atoms with Gasteiger partial charge in [-0.15, -0.1) is 0 Å². The molecule has 0 N–H and O–H groups in total. The Morgan fingerprint density at radius 1 is 0.250 bits per heavy atom. The average Bonchev–Trinajstić information content (AvgIpc) is 3.42. The standard InChI is InChI=1S/C70H134O6/c1-4-7-10-13-16-19-22-24-26-28-30-32-33-34-35-36-38-39-41-43-45-48-51-54-57-60-63-69(72)75-66-67(65-74-68(71)62-59-56-53-50-47-21-18-15-12-9-6-3)76-70(73)64-61-58-55-52-49-46-44-42-40-37-31-29-27-25-23-20-17-14-11-8-5-2/h29,31,67H,4-28,30,32-66H2,1-3H3/b31-29-. The molecule has 0 aliphatic rings. The Balaban J connectivity index is 4.16. The third-order valence-electron chi connectivity index (χ3n) is 16.0. The van der Waals surface area contributed by atoms with Gasteiger partial charge in [0.05, 0.1) is 0 Å². The zero-order valence-corrected chi connectivity index (χ0v) is 51.8. The highest BCUT2D eigenvalue weighted by Gasteiger charge is 2.19. The normalized spacial score (nSPS) is 12.0. The van der Waals surface area contributed by atoms with Crippen molar-refractivity contribution in [3.63, 3.8) is 0 Å². The second-order valence-corrected chi connectivity index (χ2v) is 23.8. The summed E-state index contributed by atoms with van der Waals surface area (Å²) in [6, 6.07) is 0. The highest BCUT2D eigenvalue weighted by Crippen LogP contribution is 2.19. The molecule has 76 heavy (non-hydrogen) atoms. The van der Waals surface area contributed by atoms with Crippen LogP contribution in [0, 0.1) is 0 Å². The molecular weight excluding hydrogens is 937 g/mol. The lowest BCUT2D eigenvalue weighted by molar-refractivity contribution is -0.167. The smallest absolute Gasteiger partial charge is 0.306 e. The van der Waals surface area contributed by atoms with E-state index >= 15 is 0 Å². The van der Waals surface area contributed by atoms with Crippen LogP contribution in [-0.2, 0) is 28.6 Å². The molecule has 1 atom stereocenters. The first-order chi connectivity index (χ1) is 37.5. The molecule has 0 heterocycles. The van der Waals surface area contributed by atoms with Crippen LogP contribution in [0.4, 0.5) is 0 Å². The maximum Gasteiger partial charge on any atom is 0.306 e. The minimum atomic E-state index is -0.767. The highest BCUT2D eigenvalue weighted by molar-refractivity contribution is 5.71. The van der Waals surface area contributed by atoms with Crippen molar-refractivity contribution in [3.8, 4) is 0 Å². The van der Waals surface area contributed by atoms with Gasteiger partial charge in [-0.2, -0.15) is 0 Å². The first-order valence-corrected chi connectivity index (χ1v) is 34.7. The first-order valence-electron chi connectivity index (χ1n) is 34.7. The number of ether oxygens (including phenoxy) is 3. The van der Waals surface area contributed by atoms with E-state index in [4.69, 9.17) is 14.2 Å². The lowest BCUT2D eigenvalue weighted by atomic mass is 10.0. The fourth-order valence-electron chi connectivity index (χ4n) is 10.8. The van der Waals surface area contributed by atoms with E-state index in [1.807, 2.05) is 0 Å². The third kappa shape index (κ3) is 63.0. The van der Waals surface area contributed by atoms with Crippen LogP contribution < -0.4 is 0 Å². The zero-order valence-electron chi connectivity index (χ0n) is 51.8. The molecule has 0 aliphatic carbocycles. The van der Waals surface area contributed by atoms with Crippen molar-refractivity contribution in [2.75, 3.05) is 13.2 Å². The van der Waals surface area contributed by atoms with E-state index < -0.39 is 6.10 Å². The number of hydrogen-bond donors (Lipinski definition) is 0. The van der Waals surface area contributed by atoms with E-state index in [0.29, 0.717) is 19.3 Å². The van der Waals surface area contributed by atoms with Gasteiger partial charge in [0.2, 0.25) is 0 Å². The van der Waals surface area contributed by atoms with Crippen molar-refractivity contribution in [2.45, 2.75) is 406 Å². The summed E-state index contributed by atoms with van der Waals surface area (Å²) < 4.78 is 17.0. The minimum absolute atomic E-state index is 0.0641. The Morgan fingerprint density at radius 3 is 0.658 bits per heavy atom. The molecule has 0 saturated carbocycles. The van der Waals surface area contributed by atoms with Gasteiger partial charge >= 0.3 is 17.9 Å². The SMILES string of the molecule is CCCCCCCCCC/C=C\CCCCCCCCCCCC(=O)OC(COC(=O)CCCCCCCCCCCCC)COC(=O)CCCCCCCCCCCCCCCCCCCCCCCCCCCC. The molecule has 6 nitrogen and oxygen atoms in total. The molecule has 0 rings (SSSR count). The fourth-order valence-corrected chi connectivity index (χ4v) is 10.8. The van der Waals surface area contributed by atoms with Crippen LogP contribution in [0.2, 0.25) is 0 Å². The van der Waals surface area contributed by atoms with Crippen LogP contribution in [0.5, 0.6) is 0 Å². The summed E-state index contributed by atoms with van der Waals surface area (Å²) in [5, 5.41) is 0. The molecule has 0 aromatic carbocycles. The summed E-state index contributed by atoms with van der Waals surface area (Å²) in [5.41, 5.74) is 0. The minimum Gasteiger partial charge on any atom is -0.462 e. The molecule has 6 heteroatoms. The molecule has 0 aliphatic heterocycles. The molecule has 0 spiro atoms. The van der Waals surface area contributed by atoms with Crippen molar-refractivity contribution < 1.29 is 28.6 Å². The summed E-state index contributed by atoms with van der Waals surface area (Å²) >= 11 is 0. The first kappa shape index (κ1) is 74.2. The topological polar surface area (TPSA) is 78.9 Å². The lowest BCUT2D eigenvalue weighted by Gasteiger charge is -2.18. The molecule has 0 bridgehead atoms. The lowest BCUT2D eigenvalue weighted by Crippen LogP contribution is -2.30. The molecule has 0 aromatic rings. The summed E-state index contributed by atoms with van der Waals surface area (Å²) in [5.74, 6) is -0.835. The van der Waals surface area contributed by atoms with Gasteiger partial charge in [-0.1, -0.05) is 348 Å². The quantitative estimate of drug-likeness (QED) is 0.0261. The van der Waals surface area contributed by atoms with Crippen LogP contribution >= 0.6 is 0 Å². The van der Waals surface area contributed by atoms with E-state index in [2.05, 4.69) is 32.9 Å². The van der Waals surface area contributed by atoms with Gasteiger partial charge in [0.25, 0.3) is 0 Å². The summed E-state index contributed by atoms with van der Waals surface area (Å²) in [6.45, 7) is 6.71. The van der Waals surface area contributed by atoms with Crippen LogP contribution in [0.3, 0.4) is 0 Å². The van der Waals surface area contributed by atoms with Gasteiger partial charge in [-0.3, -0.25) is 14.4 Å². The zero-order chi connectivity index (χ0) is 55.0. The summed E-state index contributed by atoms with van der Waals surface area (Å²) in [7, 11) is 0. The highest BCUT2D eigenvalue weighted by atomic mass is 16.6. The van der Waals surface area contributed by atoms with E-state index in [1.54, 1.807) is 0 Å². The van der Waals surface area contributed by atoms with Crippen LogP contribution in [0.15, 0.2) is 12.2 Å². The fraction of sp³-hybridized carbons (Fsp3) is 0.929. The number of hydrogen-bond acceptors (Lipinski definition) is 6. The van der Waals surface area contributed by atoms with Crippen molar-refractivity contribution >= 4 is 17.9 Å². The van der Waals surface area contributed by atoms with Gasteiger partial charge in [-0.05, 0) is 44.9 Å². The molecule has 0 fully saturated rings. The Kier molecular flexibility index (Phi) is 64.1. The van der Waals surface area contributed by atoms with Gasteiger partial charge in [0.1, 0.15) is 13.2 Å². The number of allylic oxidation sites excluding steroid dienone is 2. The summed E-state index contributed by atoms with van der Waals surface area (Å²) in [6.07, 6.45) is 78.2. The molecule has 450 valence electrons. The van der Waals surface area contributed by atoms with E-state index in [9.17, 15) is 14.4 Å². The maximum atomic E-state index is 12.9. The largest absolute Gasteiger partial charge is 0.462 e. The number of unbranched alkanes of at least 4 members (excludes halogenated alkanes) is 52. The van der Waals surface area contributed by atoms with Crippen molar-refractivity contribution in [3.05, 3.63) is 12.2 Å². The third-order valence-corrected chi connectivity index (χ3v) is 16.0. The van der Waals surface area contributed by atoms with Crippen molar-refractivity contribution in [1.29, 1.82) is 0 Å². The van der Waals surface area contributed by atoms with Gasteiger partial charge < -0.3 is 14.2 Å². The van der Waals surface area contributed by atoms with Crippen molar-refractivity contribution in [2.24, 2.45) is 0 Å². The van der Waals surface area contributed by atoms with E-state index in [-0.39, 0.29) is 31.1 Å². The van der Waals surface area contributed by atoms with Crippen molar-refractivity contribution in [1.82, 2.24) is 0 Å². The molecule has 0 saturated heterocycles. The van der Waals surface area contributed by atoms with Crippen LogP contribution in [0.1, 0.15) is 400 Å². The van der Waals surface area contributed by atoms with Gasteiger partial charge in [0.15, 0.2) is 6.10 Å². The average molecular weight is 1070 g/mol. The predicted octanol–water partition coefficient (Wildman–Crippen LogP) is 23.6. The Labute approximate surface area is 475 Å². The Morgan fingerprint density at radius 2 is 0.434 bits per heavy atom. The monoisotopic (exact) mass is 1070 g/mol. The van der Waals surface area contributed by atoms with Gasteiger partial charge in [-0.25, -0.2) is 0 Å². The molecule has 0 aromatic heterocycles. The Bertz CT molecular complexity index is 1180. The van der Waals surface area contributed by atoms with E-state index in [1.165, 1.54) is 302 Å². The van der Waals surface area contributed by atoms with Gasteiger partial charge in [0, 0.05) is 19.3 Å². The second-order valence-electron chi connectivity index (χ2n) is 23.8. The number of carbonyl (C=O) groups excluding carboxylic acids is 3. The predicted molar refractivity (Wildman–Crippen MR) is 330 cm³/mol. The second kappa shape index (κ2) is 65.7. The van der Waals surface area contributed by atoms with Crippen LogP contribution in [-0.4, -0.2) is 37.2 Å². The molecule has 1 unspecified atom stereocenters. The molecular formula is C70H134O6. The molecule has 0 amide bonds. The summed E-state index contributed by atoms with van der Waals surface area (Å²) in [4.78, 5) is 38.3. The van der Waals surface area contributed by atoms with E-state index in [0.717, 1.165) is 57.8 Å².